The topological polar surface area (TPSA) is 50.5 Å². The molecular weight excluding hydrogens is 407 g/mol. The van der Waals surface area contributed by atoms with Gasteiger partial charge in [-0.1, -0.05) is 31.2 Å². The van der Waals surface area contributed by atoms with E-state index in [0.717, 1.165) is 11.4 Å². The normalized spacial score (nSPS) is 18.3. The van der Waals surface area contributed by atoms with Crippen LogP contribution in [-0.4, -0.2) is 46.3 Å². The first kappa shape index (κ1) is 21.4. The van der Waals surface area contributed by atoms with Crippen LogP contribution in [0.1, 0.15) is 23.7 Å². The van der Waals surface area contributed by atoms with Gasteiger partial charge in [0.2, 0.25) is 0 Å². The van der Waals surface area contributed by atoms with Crippen LogP contribution in [-0.2, 0) is 5.60 Å². The summed E-state index contributed by atoms with van der Waals surface area (Å²) < 4.78 is 43.4. The molecule has 1 aromatic heterocycles. The third kappa shape index (κ3) is 3.93. The number of aromatic nitrogens is 2. The van der Waals surface area contributed by atoms with E-state index >= 15 is 0 Å². The van der Waals surface area contributed by atoms with Crippen molar-refractivity contribution in [2.75, 3.05) is 20.1 Å². The Balaban J connectivity index is 1.78. The number of benzene rings is 2. The van der Waals surface area contributed by atoms with Crippen LogP contribution in [0.15, 0.2) is 60.8 Å². The van der Waals surface area contributed by atoms with Crippen molar-refractivity contribution in [2.24, 2.45) is 5.41 Å². The van der Waals surface area contributed by atoms with Gasteiger partial charge in [0.05, 0.1) is 11.4 Å². The molecule has 164 valence electrons. The molecule has 1 saturated heterocycles. The van der Waals surface area contributed by atoms with Gasteiger partial charge in [-0.25, -0.2) is 4.68 Å². The van der Waals surface area contributed by atoms with Crippen molar-refractivity contribution in [3.8, 4) is 11.4 Å². The van der Waals surface area contributed by atoms with Crippen molar-refractivity contribution >= 4 is 0 Å². The summed E-state index contributed by atoms with van der Waals surface area (Å²) in [5.74, 6) is -0.324. The molecule has 4 rings (SSSR count). The predicted octanol–water partition coefficient (Wildman–Crippen LogP) is 4.27. The van der Waals surface area contributed by atoms with Crippen LogP contribution in [0.4, 0.5) is 13.2 Å². The monoisotopic (exact) mass is 431 g/mol. The maximum absolute atomic E-state index is 12.6. The molecule has 0 saturated carbocycles. The van der Waals surface area contributed by atoms with E-state index < -0.39 is 17.4 Å². The van der Waals surface area contributed by atoms with Crippen LogP contribution in [0.5, 0.6) is 5.75 Å². The van der Waals surface area contributed by atoms with Crippen molar-refractivity contribution in [3.05, 3.63) is 77.6 Å². The van der Waals surface area contributed by atoms with Crippen molar-refractivity contribution in [1.29, 1.82) is 0 Å². The van der Waals surface area contributed by atoms with Gasteiger partial charge in [-0.2, -0.15) is 5.10 Å². The fraction of sp³-hybridized carbons (Fsp3) is 0.348. The Hall–Kier alpha value is -2.84. The molecule has 1 aliphatic heterocycles. The largest absolute Gasteiger partial charge is 0.573 e. The molecule has 8 heteroatoms. The highest BCUT2D eigenvalue weighted by Gasteiger charge is 2.55. The van der Waals surface area contributed by atoms with E-state index in [-0.39, 0.29) is 5.75 Å². The number of likely N-dealkylation sites (tertiary alicyclic amines) is 1. The van der Waals surface area contributed by atoms with Crippen LogP contribution in [0.2, 0.25) is 0 Å². The molecule has 1 fully saturated rings. The highest BCUT2D eigenvalue weighted by molar-refractivity contribution is 5.46. The second kappa shape index (κ2) is 7.39. The summed E-state index contributed by atoms with van der Waals surface area (Å²) in [6.07, 6.45) is -2.92. The van der Waals surface area contributed by atoms with Crippen LogP contribution in [0.25, 0.3) is 5.69 Å². The van der Waals surface area contributed by atoms with E-state index in [9.17, 15) is 18.3 Å². The zero-order valence-electron chi connectivity index (χ0n) is 17.5. The third-order valence-corrected chi connectivity index (χ3v) is 5.87. The summed E-state index contributed by atoms with van der Waals surface area (Å²) in [6.45, 7) is 5.15. The lowest BCUT2D eigenvalue weighted by Crippen LogP contribution is -2.63. The van der Waals surface area contributed by atoms with Crippen LogP contribution in [0.3, 0.4) is 0 Å². The first-order chi connectivity index (χ1) is 14.5. The van der Waals surface area contributed by atoms with Gasteiger partial charge < -0.3 is 14.7 Å². The second-order valence-corrected chi connectivity index (χ2v) is 8.47. The molecule has 0 amide bonds. The zero-order chi connectivity index (χ0) is 22.4. The fourth-order valence-corrected chi connectivity index (χ4v) is 4.57. The molecular formula is C23H24F3N3O2. The van der Waals surface area contributed by atoms with Crippen molar-refractivity contribution in [1.82, 2.24) is 14.7 Å². The van der Waals surface area contributed by atoms with Gasteiger partial charge in [0, 0.05) is 24.7 Å². The average Bonchev–Trinajstić information content (AvgIpc) is 3.12. The second-order valence-electron chi connectivity index (χ2n) is 8.47. The molecule has 0 radical (unpaired) electrons. The van der Waals surface area contributed by atoms with Gasteiger partial charge in [-0.15, -0.1) is 13.2 Å². The number of aliphatic hydroxyl groups is 1. The van der Waals surface area contributed by atoms with Crippen molar-refractivity contribution in [2.45, 2.75) is 25.8 Å². The minimum atomic E-state index is -4.77. The number of hydrogen-bond acceptors (Lipinski definition) is 4. The van der Waals surface area contributed by atoms with E-state index in [2.05, 4.69) is 14.7 Å². The predicted molar refractivity (Wildman–Crippen MR) is 110 cm³/mol. The summed E-state index contributed by atoms with van der Waals surface area (Å²) in [6, 6.07) is 14.8. The molecule has 0 spiro atoms. The number of alkyl halides is 3. The number of rotatable bonds is 5. The molecule has 31 heavy (non-hydrogen) atoms. The maximum atomic E-state index is 12.6. The summed E-state index contributed by atoms with van der Waals surface area (Å²) in [4.78, 5) is 2.09. The number of hydrogen-bond donors (Lipinski definition) is 1. The van der Waals surface area contributed by atoms with E-state index in [0.29, 0.717) is 24.2 Å². The molecule has 5 nitrogen and oxygen atoms in total. The first-order valence-electron chi connectivity index (χ1n) is 9.91. The summed E-state index contributed by atoms with van der Waals surface area (Å²) in [7, 11) is 1.96. The Morgan fingerprint density at radius 2 is 1.71 bits per heavy atom. The molecule has 0 bridgehead atoms. The Labute approximate surface area is 178 Å². The molecule has 3 aromatic rings. The lowest BCUT2D eigenvalue weighted by molar-refractivity contribution is -0.274. The Kier molecular flexibility index (Phi) is 5.10. The lowest BCUT2D eigenvalue weighted by atomic mass is 9.62. The van der Waals surface area contributed by atoms with E-state index in [1.165, 1.54) is 24.3 Å². The smallest absolute Gasteiger partial charge is 0.406 e. The van der Waals surface area contributed by atoms with E-state index in [1.54, 1.807) is 4.68 Å². The molecule has 0 unspecified atom stereocenters. The van der Waals surface area contributed by atoms with E-state index in [4.69, 9.17) is 0 Å². The molecule has 1 aliphatic rings. The molecule has 2 heterocycles. The average molecular weight is 431 g/mol. The summed E-state index contributed by atoms with van der Waals surface area (Å²) in [5.41, 5.74) is 0.858. The maximum Gasteiger partial charge on any atom is 0.573 e. The van der Waals surface area contributed by atoms with E-state index in [1.807, 2.05) is 57.4 Å². The van der Waals surface area contributed by atoms with Gasteiger partial charge >= 0.3 is 6.36 Å². The number of halogens is 3. The SMILES string of the molecule is Cc1ccn(-c2cccc([C@](O)(c3ccc(OC(F)(F)F)cc3)C3(C)CN(C)C3)c2)n1. The highest BCUT2D eigenvalue weighted by Crippen LogP contribution is 2.50. The lowest BCUT2D eigenvalue weighted by Gasteiger charge is -2.56. The fourth-order valence-electron chi connectivity index (χ4n) is 4.57. The molecule has 2 aromatic carbocycles. The van der Waals surface area contributed by atoms with Gasteiger partial charge in [0.25, 0.3) is 0 Å². The van der Waals surface area contributed by atoms with Gasteiger partial charge in [-0.3, -0.25) is 0 Å². The summed E-state index contributed by atoms with van der Waals surface area (Å²) in [5, 5.41) is 16.6. The number of nitrogens with zero attached hydrogens (tertiary/aromatic N) is 3. The van der Waals surface area contributed by atoms with Crippen molar-refractivity contribution in [3.63, 3.8) is 0 Å². The Morgan fingerprint density at radius 1 is 1.03 bits per heavy atom. The van der Waals surface area contributed by atoms with Gasteiger partial charge in [-0.05, 0) is 55.4 Å². The quantitative estimate of drug-likeness (QED) is 0.656. The Morgan fingerprint density at radius 3 is 2.26 bits per heavy atom. The highest BCUT2D eigenvalue weighted by atomic mass is 19.4. The summed E-state index contributed by atoms with van der Waals surface area (Å²) >= 11 is 0. The molecule has 0 aliphatic carbocycles. The molecule has 1 N–H and O–H groups in total. The van der Waals surface area contributed by atoms with Gasteiger partial charge in [0.15, 0.2) is 0 Å². The van der Waals surface area contributed by atoms with Crippen molar-refractivity contribution < 1.29 is 23.0 Å². The Bertz CT molecular complexity index is 1070. The minimum Gasteiger partial charge on any atom is -0.406 e. The number of aryl methyl sites for hydroxylation is 1. The number of ether oxygens (including phenoxy) is 1. The first-order valence-corrected chi connectivity index (χ1v) is 9.91. The molecule has 1 atom stereocenters. The standard InChI is InChI=1S/C23H24F3N3O2/c1-16-11-12-29(27-16)19-6-4-5-18(13-19)22(30,21(2)14-28(3)15-21)17-7-9-20(10-8-17)31-23(24,25)26/h4-13,30H,14-15H2,1-3H3/t22-/m1/s1. The van der Waals surface area contributed by atoms with Crippen LogP contribution in [0, 0.1) is 12.3 Å². The van der Waals surface area contributed by atoms with Crippen LogP contribution >= 0.6 is 0 Å². The van der Waals surface area contributed by atoms with Crippen LogP contribution < -0.4 is 4.74 Å². The van der Waals surface area contributed by atoms with Gasteiger partial charge in [0.1, 0.15) is 11.4 Å². The third-order valence-electron chi connectivity index (χ3n) is 5.87. The minimum absolute atomic E-state index is 0.324. The zero-order valence-corrected chi connectivity index (χ0v) is 17.5.